The molecule has 0 radical (unpaired) electrons. The van der Waals surface area contributed by atoms with Crippen LogP contribution in [0, 0.1) is 0 Å². The average molecular weight is 369 g/mol. The Morgan fingerprint density at radius 2 is 1.46 bits per heavy atom. The fourth-order valence-corrected chi connectivity index (χ4v) is 2.90. The van der Waals surface area contributed by atoms with E-state index >= 15 is 0 Å². The lowest BCUT2D eigenvalue weighted by atomic mass is 10.2. The van der Waals surface area contributed by atoms with Gasteiger partial charge in [0.2, 0.25) is 0 Å². The Morgan fingerprint density at radius 1 is 0.857 bits per heavy atom. The molecule has 0 aliphatic carbocycles. The number of nitrogens with one attached hydrogen (secondary N) is 1. The zero-order chi connectivity index (χ0) is 19.2. The SMILES string of the molecule is O=C(Nc1cc(-c2ccccc2)on1)N(Cc1ccccc1)c1ccccc1. The summed E-state index contributed by atoms with van der Waals surface area (Å²) in [6.45, 7) is 0.445. The van der Waals surface area contributed by atoms with Crippen LogP contribution in [0.15, 0.2) is 102 Å². The highest BCUT2D eigenvalue weighted by molar-refractivity contribution is 6.01. The Balaban J connectivity index is 1.55. The summed E-state index contributed by atoms with van der Waals surface area (Å²) < 4.78 is 5.37. The molecule has 0 bridgehead atoms. The highest BCUT2D eigenvalue weighted by atomic mass is 16.5. The van der Waals surface area contributed by atoms with E-state index in [1.807, 2.05) is 91.0 Å². The number of aromatic nitrogens is 1. The van der Waals surface area contributed by atoms with E-state index in [0.717, 1.165) is 16.8 Å². The maximum atomic E-state index is 13.0. The van der Waals surface area contributed by atoms with Crippen molar-refractivity contribution in [3.05, 3.63) is 103 Å². The summed E-state index contributed by atoms with van der Waals surface area (Å²) in [6, 6.07) is 30.5. The summed E-state index contributed by atoms with van der Waals surface area (Å²) in [5, 5.41) is 6.82. The van der Waals surface area contributed by atoms with Crippen molar-refractivity contribution in [1.82, 2.24) is 5.16 Å². The third-order valence-corrected chi connectivity index (χ3v) is 4.30. The van der Waals surface area contributed by atoms with E-state index in [9.17, 15) is 4.79 Å². The van der Waals surface area contributed by atoms with Gasteiger partial charge in [0.05, 0.1) is 6.54 Å². The second-order valence-electron chi connectivity index (χ2n) is 6.28. The summed E-state index contributed by atoms with van der Waals surface area (Å²) in [6.07, 6.45) is 0. The smallest absolute Gasteiger partial charge is 0.327 e. The molecule has 5 nitrogen and oxygen atoms in total. The standard InChI is InChI=1S/C23H19N3O2/c27-23(24-22-16-21(28-25-22)19-12-6-2-7-13-19)26(20-14-8-3-9-15-20)17-18-10-4-1-5-11-18/h1-16H,17H2,(H,24,25,27). The van der Waals surface area contributed by atoms with Crippen molar-refractivity contribution >= 4 is 17.5 Å². The maximum Gasteiger partial charge on any atom is 0.327 e. The first kappa shape index (κ1) is 17.5. The number of nitrogens with zero attached hydrogens (tertiary/aromatic N) is 2. The summed E-state index contributed by atoms with van der Waals surface area (Å²) >= 11 is 0. The minimum atomic E-state index is -0.275. The number of rotatable bonds is 5. The van der Waals surface area contributed by atoms with E-state index in [1.165, 1.54) is 0 Å². The fraction of sp³-hybridized carbons (Fsp3) is 0.0435. The lowest BCUT2D eigenvalue weighted by Gasteiger charge is -2.22. The highest BCUT2D eigenvalue weighted by Gasteiger charge is 2.18. The Bertz CT molecular complexity index is 1030. The number of para-hydroxylation sites is 1. The van der Waals surface area contributed by atoms with Crippen LogP contribution in [0.25, 0.3) is 11.3 Å². The molecule has 0 aliphatic heterocycles. The molecule has 0 spiro atoms. The zero-order valence-electron chi connectivity index (χ0n) is 15.2. The second-order valence-corrected chi connectivity index (χ2v) is 6.28. The summed E-state index contributed by atoms with van der Waals surface area (Å²) in [5.41, 5.74) is 2.74. The van der Waals surface area contributed by atoms with Gasteiger partial charge in [0.1, 0.15) is 0 Å². The van der Waals surface area contributed by atoms with E-state index < -0.39 is 0 Å². The number of hydrogen-bond acceptors (Lipinski definition) is 3. The molecule has 2 amide bonds. The zero-order valence-corrected chi connectivity index (χ0v) is 15.2. The quantitative estimate of drug-likeness (QED) is 0.499. The monoisotopic (exact) mass is 369 g/mol. The van der Waals surface area contributed by atoms with Crippen molar-refractivity contribution in [2.24, 2.45) is 0 Å². The van der Waals surface area contributed by atoms with Crippen molar-refractivity contribution in [3.63, 3.8) is 0 Å². The first-order valence-electron chi connectivity index (χ1n) is 8.99. The Morgan fingerprint density at radius 3 is 2.14 bits per heavy atom. The molecule has 0 fully saturated rings. The van der Waals surface area contributed by atoms with E-state index in [1.54, 1.807) is 11.0 Å². The van der Waals surface area contributed by atoms with Gasteiger partial charge in [0, 0.05) is 17.3 Å². The average Bonchev–Trinajstić information content (AvgIpc) is 3.22. The number of amides is 2. The van der Waals surface area contributed by atoms with Gasteiger partial charge in [-0.15, -0.1) is 0 Å². The third-order valence-electron chi connectivity index (χ3n) is 4.30. The van der Waals surface area contributed by atoms with Crippen LogP contribution in [0.5, 0.6) is 0 Å². The lowest BCUT2D eigenvalue weighted by Crippen LogP contribution is -2.34. The van der Waals surface area contributed by atoms with Gasteiger partial charge in [0.15, 0.2) is 11.6 Å². The van der Waals surface area contributed by atoms with Crippen LogP contribution < -0.4 is 10.2 Å². The van der Waals surface area contributed by atoms with Crippen LogP contribution in [0.4, 0.5) is 16.3 Å². The predicted molar refractivity (Wildman–Crippen MR) is 110 cm³/mol. The molecular formula is C23H19N3O2. The molecule has 4 rings (SSSR count). The van der Waals surface area contributed by atoms with Crippen molar-refractivity contribution in [1.29, 1.82) is 0 Å². The van der Waals surface area contributed by atoms with Gasteiger partial charge in [-0.25, -0.2) is 4.79 Å². The van der Waals surface area contributed by atoms with Crippen LogP contribution in [0.2, 0.25) is 0 Å². The number of carbonyl (C=O) groups is 1. The van der Waals surface area contributed by atoms with E-state index in [-0.39, 0.29) is 6.03 Å². The minimum Gasteiger partial charge on any atom is -0.354 e. The molecule has 0 unspecified atom stereocenters. The first-order valence-corrected chi connectivity index (χ1v) is 8.99. The van der Waals surface area contributed by atoms with Crippen LogP contribution in [-0.4, -0.2) is 11.2 Å². The lowest BCUT2D eigenvalue weighted by molar-refractivity contribution is 0.256. The molecule has 28 heavy (non-hydrogen) atoms. The molecule has 0 atom stereocenters. The van der Waals surface area contributed by atoms with Gasteiger partial charge < -0.3 is 4.52 Å². The largest absolute Gasteiger partial charge is 0.354 e. The molecule has 0 saturated carbocycles. The molecular weight excluding hydrogens is 350 g/mol. The van der Waals surface area contributed by atoms with Crippen LogP contribution in [-0.2, 0) is 6.54 Å². The van der Waals surface area contributed by atoms with Crippen molar-refractivity contribution in [3.8, 4) is 11.3 Å². The molecule has 138 valence electrons. The van der Waals surface area contributed by atoms with Gasteiger partial charge in [-0.05, 0) is 17.7 Å². The van der Waals surface area contributed by atoms with Gasteiger partial charge in [0.25, 0.3) is 0 Å². The third kappa shape index (κ3) is 4.10. The topological polar surface area (TPSA) is 58.4 Å². The van der Waals surface area contributed by atoms with Crippen LogP contribution in [0.1, 0.15) is 5.56 Å². The Labute approximate surface area is 163 Å². The number of benzene rings is 3. The summed E-state index contributed by atoms with van der Waals surface area (Å²) in [4.78, 5) is 14.7. The van der Waals surface area contributed by atoms with Crippen LogP contribution >= 0.6 is 0 Å². The molecule has 1 N–H and O–H groups in total. The molecule has 5 heteroatoms. The van der Waals surface area contributed by atoms with Crippen molar-refractivity contribution in [2.45, 2.75) is 6.54 Å². The number of carbonyl (C=O) groups excluding carboxylic acids is 1. The van der Waals surface area contributed by atoms with Crippen molar-refractivity contribution in [2.75, 3.05) is 10.2 Å². The molecule has 0 saturated heterocycles. The van der Waals surface area contributed by atoms with E-state index in [2.05, 4.69) is 10.5 Å². The molecule has 1 heterocycles. The van der Waals surface area contributed by atoms with E-state index in [0.29, 0.717) is 18.1 Å². The normalized spacial score (nSPS) is 10.4. The summed E-state index contributed by atoms with van der Waals surface area (Å²) in [7, 11) is 0. The predicted octanol–water partition coefficient (Wildman–Crippen LogP) is 5.58. The first-order chi connectivity index (χ1) is 13.8. The van der Waals surface area contributed by atoms with Gasteiger partial charge in [-0.2, -0.15) is 0 Å². The fourth-order valence-electron chi connectivity index (χ4n) is 2.90. The van der Waals surface area contributed by atoms with Crippen LogP contribution in [0.3, 0.4) is 0 Å². The van der Waals surface area contributed by atoms with Gasteiger partial charge in [-0.3, -0.25) is 10.2 Å². The molecule has 4 aromatic rings. The highest BCUT2D eigenvalue weighted by Crippen LogP contribution is 2.23. The number of urea groups is 1. The number of anilines is 2. The minimum absolute atomic E-state index is 0.275. The summed E-state index contributed by atoms with van der Waals surface area (Å²) in [5.74, 6) is 0.975. The Kier molecular flexibility index (Phi) is 5.15. The van der Waals surface area contributed by atoms with E-state index in [4.69, 9.17) is 4.52 Å². The number of hydrogen-bond donors (Lipinski definition) is 1. The maximum absolute atomic E-state index is 13.0. The van der Waals surface area contributed by atoms with Gasteiger partial charge in [-0.1, -0.05) is 84.0 Å². The van der Waals surface area contributed by atoms with Gasteiger partial charge >= 0.3 is 6.03 Å². The second kappa shape index (κ2) is 8.22. The Hall–Kier alpha value is -3.86. The molecule has 0 aliphatic rings. The molecule has 3 aromatic carbocycles. The molecule has 1 aromatic heterocycles. The van der Waals surface area contributed by atoms with Crippen molar-refractivity contribution < 1.29 is 9.32 Å².